The molecule has 2 atom stereocenters. The Morgan fingerprint density at radius 1 is 1.19 bits per heavy atom. The summed E-state index contributed by atoms with van der Waals surface area (Å²) >= 11 is 0. The molecule has 3 heterocycles. The normalized spacial score (nSPS) is 21.5. The Kier molecular flexibility index (Phi) is 6.47. The second-order valence-corrected chi connectivity index (χ2v) is 7.91. The summed E-state index contributed by atoms with van der Waals surface area (Å²) in [4.78, 5) is 22.8. The number of anilines is 4. The molecule has 2 aromatic heterocycles. The minimum atomic E-state index is -0.766. The molecule has 0 bridgehead atoms. The molecule has 2 fully saturated rings. The second-order valence-electron chi connectivity index (χ2n) is 7.91. The molecule has 10 heteroatoms. The number of carbonyl (C=O) groups is 1. The van der Waals surface area contributed by atoms with Gasteiger partial charge in [-0.3, -0.25) is 4.79 Å². The minimum Gasteiger partial charge on any atom is -0.378 e. The molecule has 1 aliphatic heterocycles. The lowest BCUT2D eigenvalue weighted by Gasteiger charge is -2.30. The maximum Gasteiger partial charge on any atom is 0.252 e. The van der Waals surface area contributed by atoms with E-state index in [4.69, 9.17) is 16.2 Å². The Morgan fingerprint density at radius 3 is 2.71 bits per heavy atom. The van der Waals surface area contributed by atoms with Gasteiger partial charge in [0.1, 0.15) is 11.6 Å². The zero-order chi connectivity index (χ0) is 21.8. The fourth-order valence-corrected chi connectivity index (χ4v) is 3.99. The highest BCUT2D eigenvalue weighted by molar-refractivity contribution is 5.98. The van der Waals surface area contributed by atoms with Crippen molar-refractivity contribution in [1.82, 2.24) is 9.97 Å². The first-order chi connectivity index (χ1) is 15.0. The first-order valence-corrected chi connectivity index (χ1v) is 10.6. The van der Waals surface area contributed by atoms with Gasteiger partial charge in [-0.2, -0.15) is 0 Å². The van der Waals surface area contributed by atoms with Crippen LogP contribution in [0.3, 0.4) is 0 Å². The van der Waals surface area contributed by atoms with E-state index in [0.717, 1.165) is 50.7 Å². The topological polar surface area (TPSA) is 131 Å². The number of amides is 1. The number of nitrogens with zero attached hydrogens (tertiary/aromatic N) is 3. The standard InChI is InChI=1S/C21H28FN7O2/c22-15-12-14(19(24)30)20(28-21(15)27-17-4-2-1-3-16(17)23)26-13-5-6-25-18(11-13)29-7-9-31-10-8-29/h5-6,11-12,16-17H,1-4,7-10,23H2,(H2,24,30)(H2,25,26,27,28)/t16-,17?/m0/s1. The SMILES string of the molecule is NC(=O)c1cc(F)c(NC2CCCC[C@@H]2N)nc1Nc1ccnc(N2CCOCC2)c1. The van der Waals surface area contributed by atoms with Gasteiger partial charge in [-0.1, -0.05) is 12.8 Å². The van der Waals surface area contributed by atoms with E-state index in [2.05, 4.69) is 25.5 Å². The number of hydrogen-bond donors (Lipinski definition) is 4. The Hall–Kier alpha value is -2.98. The van der Waals surface area contributed by atoms with Crippen LogP contribution in [0.4, 0.5) is 27.5 Å². The number of nitrogens with two attached hydrogens (primary N) is 2. The average Bonchev–Trinajstić information content (AvgIpc) is 2.78. The fourth-order valence-electron chi connectivity index (χ4n) is 3.99. The van der Waals surface area contributed by atoms with Crippen LogP contribution in [-0.4, -0.2) is 54.3 Å². The first kappa shape index (κ1) is 21.3. The van der Waals surface area contributed by atoms with Gasteiger partial charge < -0.3 is 31.7 Å². The molecule has 166 valence electrons. The van der Waals surface area contributed by atoms with Crippen molar-refractivity contribution in [2.24, 2.45) is 11.5 Å². The maximum atomic E-state index is 14.7. The van der Waals surface area contributed by atoms with E-state index < -0.39 is 11.7 Å². The first-order valence-electron chi connectivity index (χ1n) is 10.6. The third kappa shape index (κ3) is 5.02. The van der Waals surface area contributed by atoms with E-state index in [-0.39, 0.29) is 29.3 Å². The highest BCUT2D eigenvalue weighted by atomic mass is 19.1. The highest BCUT2D eigenvalue weighted by Gasteiger charge is 2.24. The van der Waals surface area contributed by atoms with E-state index in [0.29, 0.717) is 18.9 Å². The summed E-state index contributed by atoms with van der Waals surface area (Å²) in [5.74, 6) is -0.391. The number of morpholine rings is 1. The number of pyridine rings is 2. The van der Waals surface area contributed by atoms with Gasteiger partial charge >= 0.3 is 0 Å². The predicted molar refractivity (Wildman–Crippen MR) is 117 cm³/mol. The molecule has 1 aliphatic carbocycles. The van der Waals surface area contributed by atoms with Crippen LogP contribution >= 0.6 is 0 Å². The molecule has 0 spiro atoms. The number of hydrogen-bond acceptors (Lipinski definition) is 8. The lowest BCUT2D eigenvalue weighted by molar-refractivity contribution is 0.100. The molecule has 0 radical (unpaired) electrons. The van der Waals surface area contributed by atoms with E-state index in [9.17, 15) is 9.18 Å². The van der Waals surface area contributed by atoms with Crippen molar-refractivity contribution in [3.05, 3.63) is 35.8 Å². The van der Waals surface area contributed by atoms with Gasteiger partial charge in [0.25, 0.3) is 5.91 Å². The van der Waals surface area contributed by atoms with Crippen molar-refractivity contribution in [3.63, 3.8) is 0 Å². The molecule has 9 nitrogen and oxygen atoms in total. The number of nitrogens with one attached hydrogen (secondary N) is 2. The quantitative estimate of drug-likeness (QED) is 0.548. The average molecular weight is 430 g/mol. The molecule has 2 aliphatic rings. The summed E-state index contributed by atoms with van der Waals surface area (Å²) in [6, 6.07) is 4.57. The molecule has 0 aromatic carbocycles. The Morgan fingerprint density at radius 2 is 1.97 bits per heavy atom. The molecule has 1 amide bonds. The van der Waals surface area contributed by atoms with Crippen LogP contribution in [0, 0.1) is 5.82 Å². The number of halogens is 1. The lowest BCUT2D eigenvalue weighted by atomic mass is 9.91. The van der Waals surface area contributed by atoms with Crippen LogP contribution in [0.2, 0.25) is 0 Å². The van der Waals surface area contributed by atoms with E-state index in [1.54, 1.807) is 12.3 Å². The smallest absolute Gasteiger partial charge is 0.252 e. The maximum absolute atomic E-state index is 14.7. The summed E-state index contributed by atoms with van der Waals surface area (Å²) in [6.45, 7) is 2.77. The van der Waals surface area contributed by atoms with Gasteiger partial charge in [0.2, 0.25) is 0 Å². The van der Waals surface area contributed by atoms with Gasteiger partial charge in [-0.05, 0) is 25.0 Å². The molecule has 1 saturated heterocycles. The van der Waals surface area contributed by atoms with Crippen LogP contribution in [0.5, 0.6) is 0 Å². The van der Waals surface area contributed by atoms with E-state index >= 15 is 0 Å². The molecule has 6 N–H and O–H groups in total. The Balaban J connectivity index is 1.60. The van der Waals surface area contributed by atoms with Crippen LogP contribution < -0.4 is 27.0 Å². The van der Waals surface area contributed by atoms with Gasteiger partial charge in [-0.25, -0.2) is 14.4 Å². The zero-order valence-electron chi connectivity index (χ0n) is 17.3. The zero-order valence-corrected chi connectivity index (χ0v) is 17.3. The van der Waals surface area contributed by atoms with Gasteiger partial charge in [-0.15, -0.1) is 0 Å². The Bertz CT molecular complexity index is 936. The monoisotopic (exact) mass is 429 g/mol. The third-order valence-electron chi connectivity index (χ3n) is 5.73. The van der Waals surface area contributed by atoms with Crippen molar-refractivity contribution >= 4 is 29.0 Å². The number of rotatable bonds is 6. The molecular formula is C21H28FN7O2. The molecule has 1 saturated carbocycles. The second kappa shape index (κ2) is 9.44. The lowest BCUT2D eigenvalue weighted by Crippen LogP contribution is -2.43. The van der Waals surface area contributed by atoms with E-state index in [1.165, 1.54) is 0 Å². The van der Waals surface area contributed by atoms with Gasteiger partial charge in [0.05, 0.1) is 18.8 Å². The Labute approximate surface area is 180 Å². The van der Waals surface area contributed by atoms with Crippen molar-refractivity contribution in [2.75, 3.05) is 41.8 Å². The van der Waals surface area contributed by atoms with Crippen molar-refractivity contribution < 1.29 is 13.9 Å². The van der Waals surface area contributed by atoms with Gasteiger partial charge in [0.15, 0.2) is 11.6 Å². The third-order valence-corrected chi connectivity index (χ3v) is 5.73. The molecule has 4 rings (SSSR count). The van der Waals surface area contributed by atoms with Crippen LogP contribution in [0.25, 0.3) is 0 Å². The van der Waals surface area contributed by atoms with Crippen molar-refractivity contribution in [1.29, 1.82) is 0 Å². The number of aromatic nitrogens is 2. The van der Waals surface area contributed by atoms with Crippen molar-refractivity contribution in [2.45, 2.75) is 37.8 Å². The summed E-state index contributed by atoms with van der Waals surface area (Å²) in [5, 5.41) is 6.22. The molecule has 31 heavy (non-hydrogen) atoms. The summed E-state index contributed by atoms with van der Waals surface area (Å²) in [5.41, 5.74) is 12.3. The number of carbonyl (C=O) groups excluding carboxylic acids is 1. The summed E-state index contributed by atoms with van der Waals surface area (Å²) < 4.78 is 20.1. The summed E-state index contributed by atoms with van der Waals surface area (Å²) in [6.07, 6.45) is 5.48. The molecule has 2 aromatic rings. The van der Waals surface area contributed by atoms with Crippen molar-refractivity contribution in [3.8, 4) is 0 Å². The minimum absolute atomic E-state index is 0.0271. The van der Waals surface area contributed by atoms with Crippen LogP contribution in [-0.2, 0) is 4.74 Å². The molecule has 1 unspecified atom stereocenters. The van der Waals surface area contributed by atoms with E-state index in [1.807, 2.05) is 6.07 Å². The number of ether oxygens (including phenoxy) is 1. The fraction of sp³-hybridized carbons (Fsp3) is 0.476. The van der Waals surface area contributed by atoms with Gasteiger partial charge in [0, 0.05) is 43.1 Å². The largest absolute Gasteiger partial charge is 0.378 e. The molecular weight excluding hydrogens is 401 g/mol. The highest BCUT2D eigenvalue weighted by Crippen LogP contribution is 2.27. The number of primary amides is 1. The van der Waals surface area contributed by atoms with Crippen LogP contribution in [0.1, 0.15) is 36.0 Å². The summed E-state index contributed by atoms with van der Waals surface area (Å²) in [7, 11) is 0. The predicted octanol–water partition coefficient (Wildman–Crippen LogP) is 1.98. The van der Waals surface area contributed by atoms with Crippen LogP contribution in [0.15, 0.2) is 24.4 Å².